The van der Waals surface area contributed by atoms with Crippen molar-refractivity contribution < 1.29 is 8.42 Å². The van der Waals surface area contributed by atoms with Crippen LogP contribution in [0.3, 0.4) is 0 Å². The fourth-order valence-electron chi connectivity index (χ4n) is 2.63. The molecular formula is C11H23NO2S. The monoisotopic (exact) mass is 233 g/mol. The molecule has 0 spiro atoms. The van der Waals surface area contributed by atoms with Crippen molar-refractivity contribution in [3.05, 3.63) is 0 Å². The lowest BCUT2D eigenvalue weighted by Gasteiger charge is -2.39. The van der Waals surface area contributed by atoms with Crippen LogP contribution in [0.15, 0.2) is 0 Å². The lowest BCUT2D eigenvalue weighted by molar-refractivity contribution is 0.140. The van der Waals surface area contributed by atoms with E-state index in [9.17, 15) is 8.42 Å². The van der Waals surface area contributed by atoms with E-state index in [4.69, 9.17) is 0 Å². The van der Waals surface area contributed by atoms with E-state index in [1.54, 1.807) is 4.31 Å². The van der Waals surface area contributed by atoms with Gasteiger partial charge in [0.2, 0.25) is 10.0 Å². The predicted octanol–water partition coefficient (Wildman–Crippen LogP) is 1.95. The third-order valence-electron chi connectivity index (χ3n) is 3.61. The predicted molar refractivity (Wildman–Crippen MR) is 63.1 cm³/mol. The van der Waals surface area contributed by atoms with Crippen LogP contribution >= 0.6 is 0 Å². The Balaban J connectivity index is 2.71. The van der Waals surface area contributed by atoms with Gasteiger partial charge in [-0.2, -0.15) is 0 Å². The zero-order valence-electron chi connectivity index (χ0n) is 10.2. The standard InChI is InChI=1S/C11H23NO2S/c1-5-10-8-12(15(4,13)14)7-6-11(10)9(2)3/h9-11H,5-8H2,1-4H3/t10-,11+/m1/s1. The number of rotatable bonds is 3. The van der Waals surface area contributed by atoms with Gasteiger partial charge in [-0.15, -0.1) is 0 Å². The van der Waals surface area contributed by atoms with Gasteiger partial charge in [-0.25, -0.2) is 12.7 Å². The van der Waals surface area contributed by atoms with Gasteiger partial charge in [-0.3, -0.25) is 0 Å². The van der Waals surface area contributed by atoms with Gasteiger partial charge in [-0.1, -0.05) is 27.2 Å². The number of hydrogen-bond donors (Lipinski definition) is 0. The minimum absolute atomic E-state index is 0.536. The summed E-state index contributed by atoms with van der Waals surface area (Å²) in [5, 5.41) is 0. The molecule has 15 heavy (non-hydrogen) atoms. The molecule has 90 valence electrons. The topological polar surface area (TPSA) is 37.4 Å². The summed E-state index contributed by atoms with van der Waals surface area (Å²) < 4.78 is 24.5. The van der Waals surface area contributed by atoms with Gasteiger partial charge in [0.15, 0.2) is 0 Å². The smallest absolute Gasteiger partial charge is 0.211 e. The van der Waals surface area contributed by atoms with Crippen LogP contribution < -0.4 is 0 Å². The molecule has 1 aliphatic rings. The molecule has 0 unspecified atom stereocenters. The molecule has 1 fully saturated rings. The van der Waals surface area contributed by atoms with Crippen molar-refractivity contribution in [2.75, 3.05) is 19.3 Å². The van der Waals surface area contributed by atoms with E-state index in [1.165, 1.54) is 6.26 Å². The number of sulfonamides is 1. The molecule has 1 saturated heterocycles. The largest absolute Gasteiger partial charge is 0.213 e. The summed E-state index contributed by atoms with van der Waals surface area (Å²) in [7, 11) is -2.98. The Morgan fingerprint density at radius 2 is 2.00 bits per heavy atom. The van der Waals surface area contributed by atoms with E-state index in [-0.39, 0.29) is 0 Å². The van der Waals surface area contributed by atoms with Gasteiger partial charge in [0.05, 0.1) is 6.26 Å². The molecular weight excluding hydrogens is 210 g/mol. The summed E-state index contributed by atoms with van der Waals surface area (Å²) in [5.41, 5.74) is 0. The molecule has 0 aromatic carbocycles. The molecule has 2 atom stereocenters. The minimum atomic E-state index is -2.98. The van der Waals surface area contributed by atoms with E-state index < -0.39 is 10.0 Å². The Labute approximate surface area is 93.9 Å². The third-order valence-corrected chi connectivity index (χ3v) is 4.87. The van der Waals surface area contributed by atoms with Crippen molar-refractivity contribution in [3.8, 4) is 0 Å². The van der Waals surface area contributed by atoms with E-state index in [2.05, 4.69) is 20.8 Å². The first-order valence-corrected chi connectivity index (χ1v) is 7.66. The normalized spacial score (nSPS) is 29.7. The van der Waals surface area contributed by atoms with Crippen molar-refractivity contribution >= 4 is 10.0 Å². The quantitative estimate of drug-likeness (QED) is 0.747. The second kappa shape index (κ2) is 4.83. The molecule has 0 saturated carbocycles. The van der Waals surface area contributed by atoms with Crippen molar-refractivity contribution in [1.29, 1.82) is 0 Å². The molecule has 0 aliphatic carbocycles. The Bertz CT molecular complexity index is 298. The molecule has 0 aromatic rings. The SMILES string of the molecule is CC[C@@H]1CN(S(C)(=O)=O)CC[C@H]1C(C)C. The molecule has 1 rings (SSSR count). The van der Waals surface area contributed by atoms with E-state index in [1.807, 2.05) is 0 Å². The number of piperidine rings is 1. The third kappa shape index (κ3) is 3.18. The summed E-state index contributed by atoms with van der Waals surface area (Å²) in [4.78, 5) is 0. The summed E-state index contributed by atoms with van der Waals surface area (Å²) in [6, 6.07) is 0. The Kier molecular flexibility index (Phi) is 4.18. The van der Waals surface area contributed by atoms with Gasteiger partial charge in [0.1, 0.15) is 0 Å². The molecule has 4 heteroatoms. The molecule has 0 bridgehead atoms. The second-order valence-electron chi connectivity index (χ2n) is 4.99. The van der Waals surface area contributed by atoms with Crippen molar-refractivity contribution in [1.82, 2.24) is 4.31 Å². The van der Waals surface area contributed by atoms with Crippen LogP contribution in [0.2, 0.25) is 0 Å². The average molecular weight is 233 g/mol. The van der Waals surface area contributed by atoms with Gasteiger partial charge < -0.3 is 0 Å². The Morgan fingerprint density at radius 3 is 2.40 bits per heavy atom. The highest BCUT2D eigenvalue weighted by atomic mass is 32.2. The van der Waals surface area contributed by atoms with Crippen LogP contribution in [0.4, 0.5) is 0 Å². The van der Waals surface area contributed by atoms with Gasteiger partial charge in [0, 0.05) is 13.1 Å². The Morgan fingerprint density at radius 1 is 1.40 bits per heavy atom. The van der Waals surface area contributed by atoms with Gasteiger partial charge in [-0.05, 0) is 24.2 Å². The van der Waals surface area contributed by atoms with Crippen molar-refractivity contribution in [2.24, 2.45) is 17.8 Å². The van der Waals surface area contributed by atoms with Crippen LogP contribution in [0, 0.1) is 17.8 Å². The Hall–Kier alpha value is -0.0900. The highest BCUT2D eigenvalue weighted by Crippen LogP contribution is 2.32. The first-order chi connectivity index (χ1) is 6.86. The summed E-state index contributed by atoms with van der Waals surface area (Å²) in [6.07, 6.45) is 3.41. The summed E-state index contributed by atoms with van der Waals surface area (Å²) in [6.45, 7) is 8.06. The van der Waals surface area contributed by atoms with E-state index in [0.29, 0.717) is 24.3 Å². The second-order valence-corrected chi connectivity index (χ2v) is 6.97. The van der Waals surface area contributed by atoms with Gasteiger partial charge in [0.25, 0.3) is 0 Å². The maximum atomic E-state index is 11.5. The molecule has 0 N–H and O–H groups in total. The first kappa shape index (κ1) is 13.0. The molecule has 1 heterocycles. The van der Waals surface area contributed by atoms with Crippen LogP contribution in [0.25, 0.3) is 0 Å². The molecule has 1 aliphatic heterocycles. The van der Waals surface area contributed by atoms with Crippen molar-refractivity contribution in [3.63, 3.8) is 0 Å². The summed E-state index contributed by atoms with van der Waals surface area (Å²) >= 11 is 0. The lowest BCUT2D eigenvalue weighted by Crippen LogP contribution is -2.44. The number of hydrogen-bond acceptors (Lipinski definition) is 2. The molecule has 0 radical (unpaired) electrons. The number of nitrogens with zero attached hydrogens (tertiary/aromatic N) is 1. The maximum Gasteiger partial charge on any atom is 0.211 e. The van der Waals surface area contributed by atoms with E-state index >= 15 is 0 Å². The zero-order valence-corrected chi connectivity index (χ0v) is 11.0. The average Bonchev–Trinajstić information content (AvgIpc) is 2.15. The fourth-order valence-corrected chi connectivity index (χ4v) is 3.53. The van der Waals surface area contributed by atoms with Crippen molar-refractivity contribution in [2.45, 2.75) is 33.6 Å². The first-order valence-electron chi connectivity index (χ1n) is 5.81. The summed E-state index contributed by atoms with van der Waals surface area (Å²) in [5.74, 6) is 1.89. The fraction of sp³-hybridized carbons (Fsp3) is 1.00. The highest BCUT2D eigenvalue weighted by Gasteiger charge is 2.33. The van der Waals surface area contributed by atoms with Gasteiger partial charge >= 0.3 is 0 Å². The van der Waals surface area contributed by atoms with Crippen LogP contribution in [-0.2, 0) is 10.0 Å². The zero-order chi connectivity index (χ0) is 11.6. The molecule has 0 aromatic heterocycles. The lowest BCUT2D eigenvalue weighted by atomic mass is 9.77. The minimum Gasteiger partial charge on any atom is -0.213 e. The van der Waals surface area contributed by atoms with Crippen LogP contribution in [-0.4, -0.2) is 32.1 Å². The van der Waals surface area contributed by atoms with Crippen LogP contribution in [0.1, 0.15) is 33.6 Å². The molecule has 3 nitrogen and oxygen atoms in total. The van der Waals surface area contributed by atoms with E-state index in [0.717, 1.165) is 19.4 Å². The molecule has 0 amide bonds. The van der Waals surface area contributed by atoms with Crippen LogP contribution in [0.5, 0.6) is 0 Å². The highest BCUT2D eigenvalue weighted by molar-refractivity contribution is 7.88. The maximum absolute atomic E-state index is 11.5.